The summed E-state index contributed by atoms with van der Waals surface area (Å²) in [5, 5.41) is 18.3. The Kier molecular flexibility index (Phi) is 34.0. The van der Waals surface area contributed by atoms with Crippen LogP contribution in [0.1, 0.15) is 0 Å². The second-order valence-corrected chi connectivity index (χ2v) is 42.0. The Morgan fingerprint density at radius 2 is 0.327 bits per heavy atom. The van der Waals surface area contributed by atoms with Crippen molar-refractivity contribution in [1.82, 2.24) is 0 Å². The normalized spacial score (nSPS) is 11.6. The molecule has 0 aliphatic carbocycles. The molecule has 15 heteroatoms. The van der Waals surface area contributed by atoms with Gasteiger partial charge in [0.05, 0.1) is 14.2 Å². The molecule has 2 unspecified atom stereocenters. The molecule has 14 aromatic carbocycles. The molecule has 0 amide bonds. The smallest absolute Gasteiger partial charge is 0.715 e. The van der Waals surface area contributed by atoms with E-state index in [9.17, 15) is 0 Å². The van der Waals surface area contributed by atoms with Crippen molar-refractivity contribution < 1.29 is 47.9 Å². The summed E-state index contributed by atoms with van der Waals surface area (Å²) in [4.78, 5) is 0. The minimum Gasteiger partial charge on any atom is -0.715 e. The van der Waals surface area contributed by atoms with E-state index in [2.05, 4.69) is 364 Å². The largest absolute Gasteiger partial charge is 1.00 e. The monoisotopic (exact) mass is 1590 g/mol. The number of hydrogen-bond acceptors (Lipinski definition) is 7. The van der Waals surface area contributed by atoms with Crippen molar-refractivity contribution in [3.05, 3.63) is 413 Å². The van der Waals surface area contributed by atoms with Crippen molar-refractivity contribution in [2.45, 2.75) is 0 Å². The zero-order valence-electron chi connectivity index (χ0n) is 55.4. The molecule has 0 aromatic heterocycles. The maximum Gasteiger partial charge on any atom is 1.00 e. The fourth-order valence-corrected chi connectivity index (χ4v) is 29.2. The maximum absolute atomic E-state index is 5.94. The zero-order valence-corrected chi connectivity index (χ0v) is 65.9. The van der Waals surface area contributed by atoms with Crippen LogP contribution < -0.4 is 83.7 Å². The summed E-state index contributed by atoms with van der Waals surface area (Å²) >= 11 is 22.1. The molecule has 0 bridgehead atoms. The van der Waals surface area contributed by atoms with Crippen molar-refractivity contribution in [2.24, 2.45) is 0 Å². The van der Waals surface area contributed by atoms with Gasteiger partial charge in [0.1, 0.15) is 11.5 Å². The predicted octanol–water partition coefficient (Wildman–Crippen LogP) is 17.2. The van der Waals surface area contributed by atoms with E-state index < -0.39 is 42.6 Å². The fourth-order valence-electron chi connectivity index (χ4n) is 10.5. The van der Waals surface area contributed by atoms with E-state index in [0.29, 0.717) is 0 Å². The van der Waals surface area contributed by atoms with Crippen LogP contribution in [0.4, 0.5) is 0 Å². The molecule has 0 saturated carbocycles. The molecule has 2 atom stereocenters. The van der Waals surface area contributed by atoms with Crippen LogP contribution in [0.2, 0.25) is 0 Å². The van der Waals surface area contributed by atoms with E-state index in [1.165, 1.54) is 63.7 Å². The summed E-state index contributed by atoms with van der Waals surface area (Å²) in [5.74, 6) is 1.46. The molecule has 3 nitrogen and oxygen atoms in total. The molecule has 0 saturated heterocycles. The van der Waals surface area contributed by atoms with Gasteiger partial charge in [-0.05, 0) is 165 Å². The topological polar surface area (TPSA) is 27.7 Å². The van der Waals surface area contributed by atoms with Crippen LogP contribution in [0.15, 0.2) is 413 Å². The Bertz CT molecular complexity index is 3760. The third kappa shape index (κ3) is 24.2. The quantitative estimate of drug-likeness (QED) is 0.0480. The van der Waals surface area contributed by atoms with E-state index in [1.54, 1.807) is 38.5 Å². The van der Waals surface area contributed by atoms with Crippen molar-refractivity contribution in [2.75, 3.05) is 14.2 Å². The third-order valence-corrected chi connectivity index (χ3v) is 33.5. The Morgan fingerprint density at radius 3 is 0.436 bits per heavy atom. The van der Waals surface area contributed by atoms with E-state index in [4.69, 9.17) is 61.9 Å². The Hall–Kier alpha value is -6.60. The van der Waals surface area contributed by atoms with Gasteiger partial charge in [-0.3, -0.25) is 0 Å². The Morgan fingerprint density at radius 1 is 0.208 bits per heavy atom. The molecule has 0 aliphatic heterocycles. The van der Waals surface area contributed by atoms with E-state index >= 15 is 0 Å². The summed E-state index contributed by atoms with van der Waals surface area (Å²) in [5.41, 5.74) is -5.42. The maximum atomic E-state index is 5.94. The van der Waals surface area contributed by atoms with E-state index in [1.807, 2.05) is 24.3 Å². The van der Waals surface area contributed by atoms with Gasteiger partial charge in [0, 0.05) is 0 Å². The Labute approximate surface area is 645 Å². The minimum atomic E-state index is -2.71. The second-order valence-electron chi connectivity index (χ2n) is 21.8. The van der Waals surface area contributed by atoms with Crippen LogP contribution in [-0.4, -0.2) is 14.2 Å². The molecule has 14 aromatic rings. The first-order valence-electron chi connectivity index (χ1n) is 32.0. The van der Waals surface area contributed by atoms with Crippen molar-refractivity contribution in [1.29, 1.82) is 0 Å². The molecule has 512 valence electrons. The van der Waals surface area contributed by atoms with Gasteiger partial charge in [-0.25, -0.2) is 0 Å². The van der Waals surface area contributed by atoms with Crippen LogP contribution in [0.5, 0.6) is 11.5 Å². The first-order valence-corrected chi connectivity index (χ1v) is 44.9. The van der Waals surface area contributed by atoms with Gasteiger partial charge in [0.15, 0.2) is 0 Å². The first-order chi connectivity index (χ1) is 48.6. The molecular weight excluding hydrogens is 1520 g/mol. The van der Waals surface area contributed by atoms with E-state index in [0.717, 1.165) is 22.1 Å². The van der Waals surface area contributed by atoms with Gasteiger partial charge in [0.25, 0.3) is 0 Å². The molecule has 0 spiro atoms. The molecular formula is C86H74Cu2O3P6S4. The number of rotatable bonds is 18. The molecule has 0 radical (unpaired) electrons. The zero-order chi connectivity index (χ0) is 68.8. The summed E-state index contributed by atoms with van der Waals surface area (Å²) in [6, 6.07) is 144. The van der Waals surface area contributed by atoms with Crippen LogP contribution >= 0.6 is 42.6 Å². The minimum absolute atomic E-state index is 0. The first kappa shape index (κ1) is 80.1. The molecule has 14 rings (SSSR count). The van der Waals surface area contributed by atoms with Gasteiger partial charge in [-0.15, -0.1) is 0 Å². The average molecular weight is 1600 g/mol. The summed E-state index contributed by atoms with van der Waals surface area (Å²) in [6.45, 7) is 0. The van der Waals surface area contributed by atoms with Gasteiger partial charge in [-0.2, -0.15) is 0 Å². The number of benzene rings is 14. The van der Waals surface area contributed by atoms with Gasteiger partial charge in [0.2, 0.25) is 0 Å². The van der Waals surface area contributed by atoms with Gasteiger partial charge >= 0.3 is 34.1 Å². The number of hydrogen-bond donors (Lipinski definition) is 0. The van der Waals surface area contributed by atoms with Crippen molar-refractivity contribution in [3.63, 3.8) is 0 Å². The standard InChI is InChI=1S/4C18H15P.C14H16O3P2S4.2Cu/c4*1-4-10-16(11-5-1)19(17-12-6-2-7-13-17)18-14-8-3-9-15-18;1-15-11-3-7-13(8-4-11)18(20,21)17-19(22,23)14-9-5-12(16-2)6-10-14;;/h4*1-15H;3-10H,1-2H3,(H,20,21)(H,22,23);;/q;;;;;2*+1/p-2. The van der Waals surface area contributed by atoms with Crippen molar-refractivity contribution >= 4 is 165 Å². The average Bonchev–Trinajstić information content (AvgIpc) is 0.802. The second kappa shape index (κ2) is 42.9. The summed E-state index contributed by atoms with van der Waals surface area (Å²) < 4.78 is 16.2. The molecule has 0 aliphatic rings. The summed E-state index contributed by atoms with van der Waals surface area (Å²) in [6.07, 6.45) is 0. The van der Waals surface area contributed by atoms with Crippen LogP contribution in [0.25, 0.3) is 0 Å². The molecule has 101 heavy (non-hydrogen) atoms. The van der Waals surface area contributed by atoms with Crippen LogP contribution in [0.3, 0.4) is 0 Å². The SMILES string of the molecule is COc1ccc(P(=S)([S-])OP(=S)([S-])c2ccc(OC)cc2)cc1.[Cu+].[Cu+].c1ccc(P(c2ccccc2)c2ccccc2)cc1.c1ccc(P(c2ccccc2)c2ccccc2)cc1.c1ccc(P(c2ccccc2)c2ccccc2)cc1.c1ccc(P(c2ccccc2)c2ccccc2)cc1. The van der Waals surface area contributed by atoms with E-state index in [-0.39, 0.29) is 34.1 Å². The fraction of sp³-hybridized carbons (Fsp3) is 0.0233. The number of ether oxygens (including phenoxy) is 2. The van der Waals surface area contributed by atoms with Crippen LogP contribution in [0, 0.1) is 0 Å². The Balaban J connectivity index is 0.000000160. The summed E-state index contributed by atoms with van der Waals surface area (Å²) in [7, 11) is 1.41. The van der Waals surface area contributed by atoms with Crippen LogP contribution in [-0.2, 0) is 86.6 Å². The van der Waals surface area contributed by atoms with Gasteiger partial charge < -0.3 is 38.3 Å². The molecule has 0 N–H and O–H groups in total. The molecule has 0 fully saturated rings. The third-order valence-electron chi connectivity index (χ3n) is 15.2. The van der Waals surface area contributed by atoms with Crippen molar-refractivity contribution in [3.8, 4) is 11.5 Å². The molecule has 0 heterocycles. The number of methoxy groups -OCH3 is 2. The van der Waals surface area contributed by atoms with Gasteiger partial charge in [-0.1, -0.05) is 388 Å². The predicted molar refractivity (Wildman–Crippen MR) is 450 cm³/mol.